The van der Waals surface area contributed by atoms with E-state index in [-0.39, 0.29) is 5.41 Å². The average Bonchev–Trinajstić information content (AvgIpc) is 2.95. The third-order valence-electron chi connectivity index (χ3n) is 4.52. The van der Waals surface area contributed by atoms with E-state index >= 15 is 0 Å². The van der Waals surface area contributed by atoms with Crippen LogP contribution in [0, 0.1) is 0 Å². The van der Waals surface area contributed by atoms with Crippen LogP contribution in [-0.2, 0) is 15.7 Å². The van der Waals surface area contributed by atoms with Crippen LogP contribution in [0.15, 0.2) is 17.1 Å². The Morgan fingerprint density at radius 2 is 1.68 bits per heavy atom. The van der Waals surface area contributed by atoms with E-state index in [2.05, 4.69) is 25.8 Å². The molecule has 4 nitrogen and oxygen atoms in total. The molecule has 2 rings (SSSR count). The van der Waals surface area contributed by atoms with Crippen LogP contribution in [0.4, 0.5) is 0 Å². The molecule has 0 aliphatic heterocycles. The maximum Gasteiger partial charge on any atom is 0.235 e. The van der Waals surface area contributed by atoms with Gasteiger partial charge in [0.05, 0.1) is 14.2 Å². The van der Waals surface area contributed by atoms with E-state index in [1.165, 1.54) is 0 Å². The molecule has 1 saturated carbocycles. The normalized spacial score (nSPS) is 17.0. The van der Waals surface area contributed by atoms with Crippen molar-refractivity contribution in [3.05, 3.63) is 23.3 Å². The first-order chi connectivity index (χ1) is 10.4. The summed E-state index contributed by atoms with van der Waals surface area (Å²) in [5.41, 5.74) is 1.43. The van der Waals surface area contributed by atoms with Gasteiger partial charge in [0.1, 0.15) is 17.0 Å². The Hall–Kier alpha value is -1.80. The van der Waals surface area contributed by atoms with Gasteiger partial charge < -0.3 is 9.47 Å². The van der Waals surface area contributed by atoms with Crippen LogP contribution in [0.5, 0.6) is 11.5 Å². The van der Waals surface area contributed by atoms with Gasteiger partial charge >= 0.3 is 0 Å². The van der Waals surface area contributed by atoms with Crippen molar-refractivity contribution < 1.29 is 14.3 Å². The molecule has 1 fully saturated rings. The minimum atomic E-state index is -0.517. The lowest BCUT2D eigenvalue weighted by atomic mass is 9.81. The van der Waals surface area contributed by atoms with E-state index in [0.29, 0.717) is 0 Å². The summed E-state index contributed by atoms with van der Waals surface area (Å²) in [6.07, 6.45) is 5.56. The summed E-state index contributed by atoms with van der Waals surface area (Å²) in [5.74, 6) is 1.59. The van der Waals surface area contributed by atoms with Crippen molar-refractivity contribution in [1.82, 2.24) is 0 Å². The van der Waals surface area contributed by atoms with Gasteiger partial charge in [0.2, 0.25) is 6.08 Å². The highest BCUT2D eigenvalue weighted by atomic mass is 16.5. The molecule has 120 valence electrons. The summed E-state index contributed by atoms with van der Waals surface area (Å²) in [4.78, 5) is 15.1. The van der Waals surface area contributed by atoms with Crippen molar-refractivity contribution in [3.63, 3.8) is 0 Å². The third kappa shape index (κ3) is 2.89. The van der Waals surface area contributed by atoms with Gasteiger partial charge in [-0.15, -0.1) is 0 Å². The predicted octanol–water partition coefficient (Wildman–Crippen LogP) is 4.11. The minimum Gasteiger partial charge on any atom is -0.496 e. The highest BCUT2D eigenvalue weighted by Crippen LogP contribution is 2.48. The molecule has 0 heterocycles. The number of methoxy groups -OCH3 is 2. The van der Waals surface area contributed by atoms with E-state index in [1.807, 2.05) is 12.1 Å². The van der Waals surface area contributed by atoms with Crippen LogP contribution in [0.2, 0.25) is 0 Å². The van der Waals surface area contributed by atoms with Gasteiger partial charge in [-0.05, 0) is 30.4 Å². The second-order valence-corrected chi connectivity index (χ2v) is 6.94. The van der Waals surface area contributed by atoms with Crippen LogP contribution in [0.3, 0.4) is 0 Å². The fraction of sp³-hybridized carbons (Fsp3) is 0.611. The average molecular weight is 303 g/mol. The highest BCUT2D eigenvalue weighted by Gasteiger charge is 2.39. The first-order valence-corrected chi connectivity index (χ1v) is 7.74. The SMILES string of the molecule is COc1cc(C2(N=C=O)CCCC2)c(OC)cc1C(C)(C)C. The number of nitrogens with zero attached hydrogens (tertiary/aromatic N) is 1. The van der Waals surface area contributed by atoms with Gasteiger partial charge in [0.25, 0.3) is 0 Å². The number of ether oxygens (including phenoxy) is 2. The maximum atomic E-state index is 11.0. The second kappa shape index (κ2) is 6.13. The number of rotatable bonds is 4. The smallest absolute Gasteiger partial charge is 0.235 e. The number of hydrogen-bond acceptors (Lipinski definition) is 4. The lowest BCUT2D eigenvalue weighted by Gasteiger charge is -2.29. The first kappa shape index (κ1) is 16.6. The van der Waals surface area contributed by atoms with Gasteiger partial charge in [-0.2, -0.15) is 4.99 Å². The van der Waals surface area contributed by atoms with Crippen molar-refractivity contribution in [1.29, 1.82) is 0 Å². The molecule has 1 aromatic rings. The number of isocyanates is 1. The summed E-state index contributed by atoms with van der Waals surface area (Å²) in [6, 6.07) is 4.01. The van der Waals surface area contributed by atoms with Crippen LogP contribution in [0.25, 0.3) is 0 Å². The number of aliphatic imine (C=N–C) groups is 1. The molecule has 1 aliphatic rings. The monoisotopic (exact) mass is 303 g/mol. The summed E-state index contributed by atoms with van der Waals surface area (Å²) in [7, 11) is 3.33. The van der Waals surface area contributed by atoms with Gasteiger partial charge in [-0.3, -0.25) is 0 Å². The fourth-order valence-corrected chi connectivity index (χ4v) is 3.34. The van der Waals surface area contributed by atoms with Crippen LogP contribution < -0.4 is 9.47 Å². The summed E-state index contributed by atoms with van der Waals surface area (Å²) < 4.78 is 11.2. The molecule has 0 atom stereocenters. The molecule has 0 spiro atoms. The predicted molar refractivity (Wildman–Crippen MR) is 86.5 cm³/mol. The Morgan fingerprint density at radius 1 is 1.09 bits per heavy atom. The molecule has 0 bridgehead atoms. The molecular weight excluding hydrogens is 278 g/mol. The molecule has 0 radical (unpaired) electrons. The minimum absolute atomic E-state index is 0.0616. The fourth-order valence-electron chi connectivity index (χ4n) is 3.34. The maximum absolute atomic E-state index is 11.0. The van der Waals surface area contributed by atoms with Crippen molar-refractivity contribution >= 4 is 6.08 Å². The molecule has 1 aromatic carbocycles. The Kier molecular flexibility index (Phi) is 4.62. The Labute approximate surface area is 132 Å². The van der Waals surface area contributed by atoms with Crippen molar-refractivity contribution in [2.45, 2.75) is 57.4 Å². The Balaban J connectivity index is 2.68. The summed E-state index contributed by atoms with van der Waals surface area (Å²) in [6.45, 7) is 6.41. The van der Waals surface area contributed by atoms with Crippen LogP contribution >= 0.6 is 0 Å². The largest absolute Gasteiger partial charge is 0.496 e. The van der Waals surface area contributed by atoms with E-state index in [1.54, 1.807) is 20.3 Å². The lowest BCUT2D eigenvalue weighted by molar-refractivity contribution is 0.364. The van der Waals surface area contributed by atoms with E-state index < -0.39 is 5.54 Å². The van der Waals surface area contributed by atoms with E-state index in [9.17, 15) is 4.79 Å². The number of carbonyl (C=O) groups excluding carboxylic acids is 1. The molecule has 0 aromatic heterocycles. The molecule has 1 aliphatic carbocycles. The van der Waals surface area contributed by atoms with Gasteiger partial charge in [0, 0.05) is 11.1 Å². The number of hydrogen-bond donors (Lipinski definition) is 0. The molecular formula is C18H25NO3. The van der Waals surface area contributed by atoms with Crippen molar-refractivity contribution in [2.24, 2.45) is 4.99 Å². The molecule has 0 saturated heterocycles. The number of benzene rings is 1. The zero-order valence-corrected chi connectivity index (χ0v) is 14.2. The second-order valence-electron chi connectivity index (χ2n) is 6.94. The van der Waals surface area contributed by atoms with Crippen LogP contribution in [-0.4, -0.2) is 20.3 Å². The highest BCUT2D eigenvalue weighted by molar-refractivity contribution is 5.53. The summed E-state index contributed by atoms with van der Waals surface area (Å²) in [5, 5.41) is 0. The molecule has 0 unspecified atom stereocenters. The molecule has 0 amide bonds. The molecule has 0 N–H and O–H groups in total. The first-order valence-electron chi connectivity index (χ1n) is 7.74. The standard InChI is InChI=1S/C18H25NO3/c1-17(2,3)13-10-16(22-5)14(11-15(13)21-4)18(19-12-20)8-6-7-9-18/h10-11H,6-9H2,1-5H3. The summed E-state index contributed by atoms with van der Waals surface area (Å²) >= 11 is 0. The quantitative estimate of drug-likeness (QED) is 0.621. The zero-order chi connectivity index (χ0) is 16.4. The van der Waals surface area contributed by atoms with Gasteiger partial charge in [0.15, 0.2) is 0 Å². The zero-order valence-electron chi connectivity index (χ0n) is 14.2. The third-order valence-corrected chi connectivity index (χ3v) is 4.52. The lowest BCUT2D eigenvalue weighted by Crippen LogP contribution is -2.22. The Bertz CT molecular complexity index is 589. The Morgan fingerprint density at radius 3 is 2.14 bits per heavy atom. The van der Waals surface area contributed by atoms with Gasteiger partial charge in [-0.25, -0.2) is 4.79 Å². The van der Waals surface area contributed by atoms with Crippen molar-refractivity contribution in [3.8, 4) is 11.5 Å². The van der Waals surface area contributed by atoms with Crippen molar-refractivity contribution in [2.75, 3.05) is 14.2 Å². The molecule has 22 heavy (non-hydrogen) atoms. The van der Waals surface area contributed by atoms with E-state index in [0.717, 1.165) is 48.3 Å². The van der Waals surface area contributed by atoms with Gasteiger partial charge in [-0.1, -0.05) is 33.6 Å². The molecule has 4 heteroatoms. The topological polar surface area (TPSA) is 47.9 Å². The van der Waals surface area contributed by atoms with E-state index in [4.69, 9.17) is 9.47 Å². The van der Waals surface area contributed by atoms with Crippen LogP contribution in [0.1, 0.15) is 57.6 Å².